The van der Waals surface area contributed by atoms with Crippen molar-refractivity contribution in [2.24, 2.45) is 0 Å². The summed E-state index contributed by atoms with van der Waals surface area (Å²) >= 11 is 5.39. The van der Waals surface area contributed by atoms with E-state index in [-0.39, 0.29) is 0 Å². The van der Waals surface area contributed by atoms with Crippen LogP contribution >= 0.6 is 12.2 Å². The van der Waals surface area contributed by atoms with Crippen LogP contribution in [0.4, 0.5) is 5.69 Å². The van der Waals surface area contributed by atoms with Crippen LogP contribution in [0, 0.1) is 4.77 Å². The molecular weight excluding hydrogens is 280 g/mol. The molecule has 4 nitrogen and oxygen atoms in total. The zero-order valence-electron chi connectivity index (χ0n) is 12.0. The van der Waals surface area contributed by atoms with E-state index >= 15 is 0 Å². The Hall–Kier alpha value is -2.14. The maximum atomic E-state index is 5.39. The van der Waals surface area contributed by atoms with Crippen molar-refractivity contribution < 1.29 is 0 Å². The second kappa shape index (κ2) is 6.10. The van der Waals surface area contributed by atoms with Crippen LogP contribution in [0.3, 0.4) is 0 Å². The summed E-state index contributed by atoms with van der Waals surface area (Å²) in [6.45, 7) is 1.89. The lowest BCUT2D eigenvalue weighted by atomic mass is 10.3. The Morgan fingerprint density at radius 1 is 1.24 bits per heavy atom. The van der Waals surface area contributed by atoms with E-state index in [1.165, 1.54) is 5.69 Å². The monoisotopic (exact) mass is 298 g/mol. The average Bonchev–Trinajstić information content (AvgIpc) is 2.84. The van der Waals surface area contributed by atoms with Gasteiger partial charge in [0.05, 0.1) is 17.2 Å². The number of aryl methyl sites for hydroxylation is 1. The maximum absolute atomic E-state index is 5.39. The van der Waals surface area contributed by atoms with Crippen LogP contribution in [-0.2, 0) is 6.54 Å². The predicted molar refractivity (Wildman–Crippen MR) is 89.2 cm³/mol. The third-order valence-electron chi connectivity index (χ3n) is 3.65. The summed E-state index contributed by atoms with van der Waals surface area (Å²) in [6.07, 6.45) is 4.66. The number of nitrogens with zero attached hydrogens (tertiary/aromatic N) is 3. The molecule has 0 aliphatic heterocycles. The molecule has 5 heteroatoms. The third-order valence-corrected chi connectivity index (χ3v) is 3.97. The summed E-state index contributed by atoms with van der Waals surface area (Å²) in [5, 5.41) is 0. The first kappa shape index (κ1) is 13.8. The van der Waals surface area contributed by atoms with E-state index in [0.29, 0.717) is 0 Å². The quantitative estimate of drug-likeness (QED) is 0.731. The van der Waals surface area contributed by atoms with Crippen LogP contribution in [-0.4, -0.2) is 28.1 Å². The number of para-hydroxylation sites is 1. The lowest BCUT2D eigenvalue weighted by molar-refractivity contribution is 0.645. The molecule has 0 unspecified atom stereocenters. The molecule has 3 rings (SSSR count). The minimum absolute atomic E-state index is 0.764. The van der Waals surface area contributed by atoms with Gasteiger partial charge >= 0.3 is 0 Å². The lowest BCUT2D eigenvalue weighted by Crippen LogP contribution is -2.19. The van der Waals surface area contributed by atoms with Crippen LogP contribution in [0.1, 0.15) is 6.42 Å². The minimum Gasteiger partial charge on any atom is -0.375 e. The first-order valence-electron chi connectivity index (χ1n) is 7.04. The number of aromatic amines is 1. The Balaban J connectivity index is 1.67. The van der Waals surface area contributed by atoms with Gasteiger partial charge in [0.1, 0.15) is 0 Å². The van der Waals surface area contributed by atoms with Gasteiger partial charge < -0.3 is 14.5 Å². The number of hydrogen-bond acceptors (Lipinski definition) is 3. The molecule has 21 heavy (non-hydrogen) atoms. The fourth-order valence-electron chi connectivity index (χ4n) is 2.51. The summed E-state index contributed by atoms with van der Waals surface area (Å²) in [5.74, 6) is 0. The molecule has 0 aliphatic rings. The first-order chi connectivity index (χ1) is 10.3. The highest BCUT2D eigenvalue weighted by Crippen LogP contribution is 2.14. The van der Waals surface area contributed by atoms with Gasteiger partial charge in [-0.15, -0.1) is 0 Å². The molecule has 3 aromatic rings. The second-order valence-corrected chi connectivity index (χ2v) is 5.47. The van der Waals surface area contributed by atoms with Gasteiger partial charge in [0.15, 0.2) is 4.77 Å². The third kappa shape index (κ3) is 2.97. The molecule has 0 bridgehead atoms. The molecule has 0 radical (unpaired) electrons. The van der Waals surface area contributed by atoms with Gasteiger partial charge in [-0.3, -0.25) is 4.98 Å². The minimum atomic E-state index is 0.764. The van der Waals surface area contributed by atoms with E-state index in [1.54, 1.807) is 6.20 Å². The Morgan fingerprint density at radius 2 is 2.05 bits per heavy atom. The van der Waals surface area contributed by atoms with Crippen molar-refractivity contribution in [3.8, 4) is 0 Å². The van der Waals surface area contributed by atoms with Crippen molar-refractivity contribution >= 4 is 28.9 Å². The Labute approximate surface area is 129 Å². The van der Waals surface area contributed by atoms with Crippen molar-refractivity contribution in [1.29, 1.82) is 0 Å². The Kier molecular flexibility index (Phi) is 4.01. The van der Waals surface area contributed by atoms with Gasteiger partial charge in [-0.05, 0) is 36.8 Å². The van der Waals surface area contributed by atoms with E-state index in [1.807, 2.05) is 18.3 Å². The van der Waals surface area contributed by atoms with Crippen LogP contribution in [0.5, 0.6) is 0 Å². The molecule has 0 fully saturated rings. The molecular formula is C16H18N4S. The number of rotatable bonds is 5. The molecule has 0 saturated carbocycles. The predicted octanol–water partition coefficient (Wildman–Crippen LogP) is 3.62. The Morgan fingerprint density at radius 3 is 2.86 bits per heavy atom. The number of nitrogens with one attached hydrogen (secondary N) is 1. The highest BCUT2D eigenvalue weighted by Gasteiger charge is 2.05. The number of aromatic nitrogens is 3. The van der Waals surface area contributed by atoms with Gasteiger partial charge in [0.2, 0.25) is 0 Å². The number of imidazole rings is 1. The normalized spacial score (nSPS) is 10.9. The molecule has 0 amide bonds. The van der Waals surface area contributed by atoms with Crippen molar-refractivity contribution in [3.05, 3.63) is 53.6 Å². The average molecular weight is 298 g/mol. The summed E-state index contributed by atoms with van der Waals surface area (Å²) in [6, 6.07) is 12.4. The molecule has 1 aromatic carbocycles. The van der Waals surface area contributed by atoms with Gasteiger partial charge in [-0.1, -0.05) is 18.2 Å². The molecule has 0 atom stereocenters. The van der Waals surface area contributed by atoms with Crippen molar-refractivity contribution in [2.75, 3.05) is 18.5 Å². The summed E-state index contributed by atoms with van der Waals surface area (Å²) in [4.78, 5) is 9.58. The molecule has 1 N–H and O–H groups in total. The SMILES string of the molecule is CN(CCCn1c(=S)[nH]c2cnccc21)c1ccccc1. The zero-order valence-corrected chi connectivity index (χ0v) is 12.8. The van der Waals surface area contributed by atoms with E-state index in [2.05, 4.69) is 50.7 Å². The first-order valence-corrected chi connectivity index (χ1v) is 7.45. The van der Waals surface area contributed by atoms with Crippen LogP contribution in [0.2, 0.25) is 0 Å². The molecule has 0 saturated heterocycles. The van der Waals surface area contributed by atoms with Crippen LogP contribution < -0.4 is 4.90 Å². The van der Waals surface area contributed by atoms with Crippen LogP contribution in [0.25, 0.3) is 11.0 Å². The number of H-pyrrole nitrogens is 1. The fourth-order valence-corrected chi connectivity index (χ4v) is 2.81. The van der Waals surface area contributed by atoms with E-state index in [0.717, 1.165) is 35.3 Å². The van der Waals surface area contributed by atoms with Crippen molar-refractivity contribution in [3.63, 3.8) is 0 Å². The van der Waals surface area contributed by atoms with E-state index in [4.69, 9.17) is 12.2 Å². The van der Waals surface area contributed by atoms with Crippen LogP contribution in [0.15, 0.2) is 48.8 Å². The molecule has 108 valence electrons. The molecule has 0 aliphatic carbocycles. The van der Waals surface area contributed by atoms with Gasteiger partial charge in [0, 0.05) is 32.0 Å². The molecule has 2 heterocycles. The number of benzene rings is 1. The van der Waals surface area contributed by atoms with Gasteiger partial charge in [0.25, 0.3) is 0 Å². The van der Waals surface area contributed by atoms with Gasteiger partial charge in [-0.25, -0.2) is 0 Å². The smallest absolute Gasteiger partial charge is 0.178 e. The molecule has 2 aromatic heterocycles. The second-order valence-electron chi connectivity index (χ2n) is 5.09. The van der Waals surface area contributed by atoms with Crippen molar-refractivity contribution in [2.45, 2.75) is 13.0 Å². The van der Waals surface area contributed by atoms with E-state index in [9.17, 15) is 0 Å². The van der Waals surface area contributed by atoms with E-state index < -0.39 is 0 Å². The number of fused-ring (bicyclic) bond motifs is 1. The largest absolute Gasteiger partial charge is 0.375 e. The number of pyridine rings is 1. The standard InChI is InChI=1S/C16H18N4S/c1-19(13-6-3-2-4-7-13)10-5-11-20-15-8-9-17-12-14(15)18-16(20)21/h2-4,6-9,12H,5,10-11H2,1H3,(H,18,21). The lowest BCUT2D eigenvalue weighted by Gasteiger charge is -2.19. The number of hydrogen-bond donors (Lipinski definition) is 1. The summed E-state index contributed by atoms with van der Waals surface area (Å²) in [5.41, 5.74) is 3.36. The maximum Gasteiger partial charge on any atom is 0.178 e. The topological polar surface area (TPSA) is 36.9 Å². The highest BCUT2D eigenvalue weighted by atomic mass is 32.1. The molecule has 0 spiro atoms. The summed E-state index contributed by atoms with van der Waals surface area (Å²) < 4.78 is 2.91. The summed E-state index contributed by atoms with van der Waals surface area (Å²) in [7, 11) is 2.12. The Bertz CT molecular complexity index is 776. The fraction of sp³-hybridized carbons (Fsp3) is 0.250. The van der Waals surface area contributed by atoms with Crippen molar-refractivity contribution in [1.82, 2.24) is 14.5 Å². The highest BCUT2D eigenvalue weighted by molar-refractivity contribution is 7.71. The zero-order chi connectivity index (χ0) is 14.7. The number of anilines is 1. The van der Waals surface area contributed by atoms with Gasteiger partial charge in [-0.2, -0.15) is 0 Å².